The highest BCUT2D eigenvalue weighted by molar-refractivity contribution is 7.17. The van der Waals surface area contributed by atoms with Gasteiger partial charge in [0.1, 0.15) is 17.1 Å². The van der Waals surface area contributed by atoms with Crippen molar-refractivity contribution < 1.29 is 19.1 Å². The average Bonchev–Trinajstić information content (AvgIpc) is 3.45. The van der Waals surface area contributed by atoms with Gasteiger partial charge < -0.3 is 21.5 Å². The molecule has 6 N–H and O–H groups in total. The quantitative estimate of drug-likeness (QED) is 0.310. The van der Waals surface area contributed by atoms with Gasteiger partial charge in [0.15, 0.2) is 0 Å². The van der Waals surface area contributed by atoms with Crippen molar-refractivity contribution in [3.63, 3.8) is 0 Å². The van der Waals surface area contributed by atoms with Crippen molar-refractivity contribution in [1.82, 2.24) is 5.32 Å². The van der Waals surface area contributed by atoms with Gasteiger partial charge in [-0.15, -0.1) is 11.3 Å². The van der Waals surface area contributed by atoms with E-state index >= 15 is 0 Å². The van der Waals surface area contributed by atoms with Crippen LogP contribution in [0.2, 0.25) is 0 Å². The number of urea groups is 1. The van der Waals surface area contributed by atoms with Crippen LogP contribution in [0.5, 0.6) is 0 Å². The Labute approximate surface area is 209 Å². The Kier molecular flexibility index (Phi) is 9.29. The first-order valence-electron chi connectivity index (χ1n) is 11.8. The SMILES string of the molecule is CC(C)CC(NCc1ccc(C#Cc2cc(C(N)=O)c(NC(N)=O)s2)cc1)C(=O)OC1CCCC1. The van der Waals surface area contributed by atoms with E-state index in [1.165, 1.54) is 6.07 Å². The first kappa shape index (κ1) is 26.3. The summed E-state index contributed by atoms with van der Waals surface area (Å²) in [6.07, 6.45) is 4.94. The number of rotatable bonds is 9. The van der Waals surface area contributed by atoms with Crippen LogP contribution in [0.1, 0.15) is 72.3 Å². The predicted molar refractivity (Wildman–Crippen MR) is 137 cm³/mol. The van der Waals surface area contributed by atoms with E-state index in [0.29, 0.717) is 17.3 Å². The lowest BCUT2D eigenvalue weighted by Gasteiger charge is -2.21. The lowest BCUT2D eigenvalue weighted by Crippen LogP contribution is -2.40. The van der Waals surface area contributed by atoms with Gasteiger partial charge in [-0.25, -0.2) is 4.79 Å². The summed E-state index contributed by atoms with van der Waals surface area (Å²) in [4.78, 5) is 36.0. The number of esters is 1. The molecule has 8 nitrogen and oxygen atoms in total. The summed E-state index contributed by atoms with van der Waals surface area (Å²) in [5, 5.41) is 6.02. The predicted octanol–water partition coefficient (Wildman–Crippen LogP) is 3.73. The molecule has 0 radical (unpaired) electrons. The first-order valence-corrected chi connectivity index (χ1v) is 12.6. The van der Waals surface area contributed by atoms with Crippen molar-refractivity contribution in [2.75, 3.05) is 5.32 Å². The maximum absolute atomic E-state index is 12.7. The van der Waals surface area contributed by atoms with Crippen molar-refractivity contribution in [3.05, 3.63) is 51.9 Å². The smallest absolute Gasteiger partial charge is 0.323 e. The Morgan fingerprint density at radius 1 is 1.11 bits per heavy atom. The molecular formula is C26H32N4O4S. The summed E-state index contributed by atoms with van der Waals surface area (Å²) in [5.41, 5.74) is 12.5. The van der Waals surface area contributed by atoms with E-state index in [9.17, 15) is 14.4 Å². The van der Waals surface area contributed by atoms with E-state index in [1.807, 2.05) is 24.3 Å². The topological polar surface area (TPSA) is 137 Å². The van der Waals surface area contributed by atoms with Crippen LogP contribution in [-0.2, 0) is 16.1 Å². The molecule has 9 heteroatoms. The number of anilines is 1. The Morgan fingerprint density at radius 2 is 1.80 bits per heavy atom. The van der Waals surface area contributed by atoms with Crippen LogP contribution >= 0.6 is 11.3 Å². The standard InChI is InChI=1S/C26H32N4O4S/c1-16(2)13-22(25(32)34-19-5-3-4-6-19)29-15-18-9-7-17(8-10-18)11-12-20-14-21(23(27)31)24(35-20)30-26(28)33/h7-10,14,16,19,22,29H,3-6,13,15H2,1-2H3,(H2,27,31)(H3,28,30,33). The number of nitrogens with two attached hydrogens (primary N) is 2. The van der Waals surface area contributed by atoms with Crippen LogP contribution in [0.15, 0.2) is 30.3 Å². The molecule has 1 aromatic carbocycles. The third-order valence-corrected chi connectivity index (χ3v) is 6.61. The number of hydrogen-bond donors (Lipinski definition) is 4. The van der Waals surface area contributed by atoms with Gasteiger partial charge in [-0.2, -0.15) is 0 Å². The Balaban J connectivity index is 1.61. The minimum Gasteiger partial charge on any atom is -0.461 e. The Hall–Kier alpha value is -3.35. The number of carbonyl (C=O) groups excluding carboxylic acids is 3. The molecule has 1 heterocycles. The molecule has 35 heavy (non-hydrogen) atoms. The van der Waals surface area contributed by atoms with Crippen LogP contribution in [0.4, 0.5) is 9.80 Å². The van der Waals surface area contributed by atoms with Gasteiger partial charge >= 0.3 is 12.0 Å². The number of nitrogens with one attached hydrogen (secondary N) is 2. The second kappa shape index (κ2) is 12.4. The van der Waals surface area contributed by atoms with Crippen LogP contribution in [0, 0.1) is 17.8 Å². The summed E-state index contributed by atoms with van der Waals surface area (Å²) in [7, 11) is 0. The molecule has 0 aliphatic heterocycles. The number of thiophene rings is 1. The fourth-order valence-corrected chi connectivity index (χ4v) is 4.83. The fraction of sp³-hybridized carbons (Fsp3) is 0.423. The third kappa shape index (κ3) is 8.12. The zero-order valence-electron chi connectivity index (χ0n) is 20.1. The molecule has 1 aliphatic carbocycles. The van der Waals surface area contributed by atoms with E-state index in [-0.39, 0.29) is 28.7 Å². The third-order valence-electron chi connectivity index (χ3n) is 5.65. The molecule has 1 saturated carbocycles. The van der Waals surface area contributed by atoms with Gasteiger partial charge in [0.05, 0.1) is 10.4 Å². The highest BCUT2D eigenvalue weighted by atomic mass is 32.1. The molecule has 1 aliphatic rings. The van der Waals surface area contributed by atoms with Crippen molar-refractivity contribution in [1.29, 1.82) is 0 Å². The van der Waals surface area contributed by atoms with Crippen LogP contribution in [0.3, 0.4) is 0 Å². The molecule has 2 aromatic rings. The summed E-state index contributed by atoms with van der Waals surface area (Å²) < 4.78 is 5.72. The highest BCUT2D eigenvalue weighted by Gasteiger charge is 2.26. The van der Waals surface area contributed by atoms with E-state index in [0.717, 1.165) is 54.6 Å². The highest BCUT2D eigenvalue weighted by Crippen LogP contribution is 2.27. The second-order valence-electron chi connectivity index (χ2n) is 9.06. The lowest BCUT2D eigenvalue weighted by atomic mass is 10.0. The Morgan fingerprint density at radius 3 is 2.40 bits per heavy atom. The van der Waals surface area contributed by atoms with Crippen molar-refractivity contribution in [2.24, 2.45) is 17.4 Å². The summed E-state index contributed by atoms with van der Waals surface area (Å²) in [6, 6.07) is 8.11. The molecule has 0 saturated heterocycles. The van der Waals surface area contributed by atoms with E-state index in [1.54, 1.807) is 0 Å². The van der Waals surface area contributed by atoms with Gasteiger partial charge in [0.2, 0.25) is 0 Å². The van der Waals surface area contributed by atoms with Crippen LogP contribution in [0.25, 0.3) is 0 Å². The maximum atomic E-state index is 12.7. The van der Waals surface area contributed by atoms with Crippen molar-refractivity contribution in [2.45, 2.75) is 64.6 Å². The molecular weight excluding hydrogens is 464 g/mol. The van der Waals surface area contributed by atoms with Crippen molar-refractivity contribution in [3.8, 4) is 11.8 Å². The summed E-state index contributed by atoms with van der Waals surface area (Å²) in [6.45, 7) is 4.73. The van der Waals surface area contributed by atoms with Crippen LogP contribution < -0.4 is 22.1 Å². The molecule has 1 fully saturated rings. The number of carbonyl (C=O) groups is 3. The molecule has 0 spiro atoms. The zero-order valence-corrected chi connectivity index (χ0v) is 20.9. The maximum Gasteiger partial charge on any atom is 0.323 e. The van der Waals surface area contributed by atoms with Gasteiger partial charge in [0, 0.05) is 12.1 Å². The number of amides is 3. The molecule has 3 rings (SSSR count). The lowest BCUT2D eigenvalue weighted by molar-refractivity contribution is -0.151. The summed E-state index contributed by atoms with van der Waals surface area (Å²) >= 11 is 1.13. The van der Waals surface area contributed by atoms with Gasteiger partial charge in [-0.3, -0.25) is 14.9 Å². The van der Waals surface area contributed by atoms with E-state index < -0.39 is 11.9 Å². The van der Waals surface area contributed by atoms with Crippen LogP contribution in [-0.4, -0.2) is 30.1 Å². The monoisotopic (exact) mass is 496 g/mol. The molecule has 1 aromatic heterocycles. The number of hydrogen-bond acceptors (Lipinski definition) is 6. The van der Waals surface area contributed by atoms with Gasteiger partial charge in [-0.1, -0.05) is 37.8 Å². The van der Waals surface area contributed by atoms with E-state index in [4.69, 9.17) is 16.2 Å². The Bertz CT molecular complexity index is 1110. The van der Waals surface area contributed by atoms with Crippen molar-refractivity contribution >= 4 is 34.2 Å². The molecule has 3 amide bonds. The summed E-state index contributed by atoms with van der Waals surface area (Å²) in [5.74, 6) is 5.56. The molecule has 1 unspecified atom stereocenters. The number of benzene rings is 1. The van der Waals surface area contributed by atoms with Gasteiger partial charge in [0.25, 0.3) is 5.91 Å². The first-order chi connectivity index (χ1) is 16.7. The molecule has 0 bridgehead atoms. The molecule has 186 valence electrons. The number of ether oxygens (including phenoxy) is 1. The number of primary amides is 2. The van der Waals surface area contributed by atoms with E-state index in [2.05, 4.69) is 36.3 Å². The molecule has 1 atom stereocenters. The minimum atomic E-state index is -0.777. The van der Waals surface area contributed by atoms with Gasteiger partial charge in [-0.05, 0) is 61.8 Å². The minimum absolute atomic E-state index is 0.0573. The normalized spacial score (nSPS) is 14.3. The average molecular weight is 497 g/mol. The fourth-order valence-electron chi connectivity index (χ4n) is 3.91. The largest absolute Gasteiger partial charge is 0.461 e. The zero-order chi connectivity index (χ0) is 25.4. The second-order valence-corrected chi connectivity index (χ2v) is 10.1.